The number of carbonyl (C=O) groups excluding carboxylic acids is 1. The lowest BCUT2D eigenvalue weighted by Crippen LogP contribution is -2.51. The molecule has 0 saturated heterocycles. The minimum atomic E-state index is 0.296. The zero-order valence-electron chi connectivity index (χ0n) is 14.3. The molecule has 7 atom stereocenters. The zero-order valence-corrected chi connectivity index (χ0v) is 14.3. The fourth-order valence-corrected chi connectivity index (χ4v) is 7.10. The number of fused-ring (bicyclic) bond motifs is 5. The number of hydrogen-bond donors (Lipinski definition) is 0. The number of carbonyl (C=O) groups is 1. The van der Waals surface area contributed by atoms with Crippen molar-refractivity contribution < 1.29 is 4.79 Å². The van der Waals surface area contributed by atoms with Gasteiger partial charge in [0.05, 0.1) is 0 Å². The van der Waals surface area contributed by atoms with Gasteiger partial charge in [-0.3, -0.25) is 4.79 Å². The molecule has 4 aliphatic rings. The Labute approximate surface area is 135 Å². The molecule has 0 heterocycles. The van der Waals surface area contributed by atoms with Crippen molar-refractivity contribution in [3.63, 3.8) is 0 Å². The standard InChI is InChI=1S/C21H30O/c1-14(22)17-9-10-18-16-8-7-15-6-4-5-12-20(15,2)19(16)11-13-21(17,18)3/h4-6,12,15-19H,7-11,13H2,1-3H3/t15?,16-,17+,18-,19-,20-,21+/m0/s1. The van der Waals surface area contributed by atoms with Gasteiger partial charge in [-0.2, -0.15) is 0 Å². The molecule has 0 bridgehead atoms. The monoisotopic (exact) mass is 298 g/mol. The first kappa shape index (κ1) is 14.7. The molecule has 0 aliphatic heterocycles. The molecule has 4 rings (SSSR count). The van der Waals surface area contributed by atoms with Gasteiger partial charge in [-0.25, -0.2) is 0 Å². The Kier molecular flexibility index (Phi) is 3.23. The Hall–Kier alpha value is -0.850. The molecule has 120 valence electrons. The predicted molar refractivity (Wildman–Crippen MR) is 90.3 cm³/mol. The lowest BCUT2D eigenvalue weighted by atomic mass is 9.46. The highest BCUT2D eigenvalue weighted by atomic mass is 16.1. The average molecular weight is 298 g/mol. The summed E-state index contributed by atoms with van der Waals surface area (Å²) in [6.45, 7) is 6.78. The van der Waals surface area contributed by atoms with E-state index in [-0.39, 0.29) is 0 Å². The second kappa shape index (κ2) is 4.82. The first-order valence-corrected chi connectivity index (χ1v) is 9.33. The van der Waals surface area contributed by atoms with E-state index in [2.05, 4.69) is 38.2 Å². The maximum atomic E-state index is 12.1. The first-order chi connectivity index (χ1) is 10.5. The van der Waals surface area contributed by atoms with Crippen molar-refractivity contribution in [1.82, 2.24) is 0 Å². The first-order valence-electron chi connectivity index (χ1n) is 9.33. The fourth-order valence-electron chi connectivity index (χ4n) is 7.10. The molecule has 0 aromatic carbocycles. The molecule has 1 unspecified atom stereocenters. The van der Waals surface area contributed by atoms with Crippen LogP contribution in [-0.4, -0.2) is 5.78 Å². The number of ketones is 1. The van der Waals surface area contributed by atoms with E-state index in [1.807, 2.05) is 6.92 Å². The topological polar surface area (TPSA) is 17.1 Å². The number of allylic oxidation sites excluding steroid dienone is 4. The SMILES string of the molecule is CC(=O)[C@H]1CC[C@H]2[C@@H]3CCC4C=CC=C[C@]4(C)[C@H]3CC[C@]12C. The lowest BCUT2D eigenvalue weighted by Gasteiger charge is -2.58. The Balaban J connectivity index is 1.67. The smallest absolute Gasteiger partial charge is 0.133 e. The molecule has 0 spiro atoms. The van der Waals surface area contributed by atoms with E-state index in [0.717, 1.165) is 30.1 Å². The Morgan fingerprint density at radius 3 is 2.59 bits per heavy atom. The highest BCUT2D eigenvalue weighted by molar-refractivity contribution is 5.79. The summed E-state index contributed by atoms with van der Waals surface area (Å²) in [5.74, 6) is 4.00. The minimum Gasteiger partial charge on any atom is -0.300 e. The maximum Gasteiger partial charge on any atom is 0.133 e. The van der Waals surface area contributed by atoms with E-state index in [0.29, 0.717) is 22.5 Å². The molecule has 1 heteroatoms. The van der Waals surface area contributed by atoms with Crippen LogP contribution < -0.4 is 0 Å². The van der Waals surface area contributed by atoms with Crippen molar-refractivity contribution in [2.75, 3.05) is 0 Å². The van der Waals surface area contributed by atoms with Gasteiger partial charge in [0.15, 0.2) is 0 Å². The second-order valence-corrected chi connectivity index (χ2v) is 8.96. The summed E-state index contributed by atoms with van der Waals surface area (Å²) < 4.78 is 0. The van der Waals surface area contributed by atoms with Crippen molar-refractivity contribution in [2.24, 2.45) is 40.4 Å². The molecule has 4 aliphatic carbocycles. The van der Waals surface area contributed by atoms with Crippen LogP contribution in [0, 0.1) is 40.4 Å². The summed E-state index contributed by atoms with van der Waals surface area (Å²) in [4.78, 5) is 12.1. The normalized spacial score (nSPS) is 52.8. The van der Waals surface area contributed by atoms with Crippen LogP contribution in [0.15, 0.2) is 24.3 Å². The van der Waals surface area contributed by atoms with Crippen molar-refractivity contribution in [2.45, 2.75) is 59.3 Å². The molecule has 1 nitrogen and oxygen atoms in total. The molecular formula is C21H30O. The quantitative estimate of drug-likeness (QED) is 0.652. The Morgan fingerprint density at radius 1 is 1.00 bits per heavy atom. The van der Waals surface area contributed by atoms with Crippen LogP contribution in [0.5, 0.6) is 0 Å². The van der Waals surface area contributed by atoms with Gasteiger partial charge in [0.2, 0.25) is 0 Å². The predicted octanol–water partition coefficient (Wildman–Crippen LogP) is 5.18. The third kappa shape index (κ3) is 1.80. The van der Waals surface area contributed by atoms with Gasteiger partial charge in [-0.05, 0) is 80.0 Å². The minimum absolute atomic E-state index is 0.296. The maximum absolute atomic E-state index is 12.1. The van der Waals surface area contributed by atoms with Gasteiger partial charge < -0.3 is 0 Å². The number of rotatable bonds is 1. The molecule has 0 aromatic rings. The van der Waals surface area contributed by atoms with Crippen LogP contribution in [0.1, 0.15) is 59.3 Å². The average Bonchev–Trinajstić information content (AvgIpc) is 2.84. The van der Waals surface area contributed by atoms with E-state index in [1.54, 1.807) is 0 Å². The van der Waals surface area contributed by atoms with Crippen molar-refractivity contribution in [1.29, 1.82) is 0 Å². The molecule has 3 fully saturated rings. The van der Waals surface area contributed by atoms with Crippen LogP contribution in [0.4, 0.5) is 0 Å². The van der Waals surface area contributed by atoms with E-state index in [1.165, 1.54) is 32.1 Å². The van der Waals surface area contributed by atoms with Crippen molar-refractivity contribution in [3.05, 3.63) is 24.3 Å². The molecule has 0 aromatic heterocycles. The van der Waals surface area contributed by atoms with Crippen LogP contribution in [0.2, 0.25) is 0 Å². The van der Waals surface area contributed by atoms with Crippen LogP contribution in [0.25, 0.3) is 0 Å². The van der Waals surface area contributed by atoms with Crippen molar-refractivity contribution in [3.8, 4) is 0 Å². The van der Waals surface area contributed by atoms with Crippen LogP contribution >= 0.6 is 0 Å². The molecule has 0 amide bonds. The van der Waals surface area contributed by atoms with E-state index < -0.39 is 0 Å². The largest absolute Gasteiger partial charge is 0.300 e. The van der Waals surface area contributed by atoms with E-state index in [9.17, 15) is 4.79 Å². The van der Waals surface area contributed by atoms with Gasteiger partial charge >= 0.3 is 0 Å². The van der Waals surface area contributed by atoms with Gasteiger partial charge in [-0.1, -0.05) is 38.2 Å². The van der Waals surface area contributed by atoms with E-state index in [4.69, 9.17) is 0 Å². The lowest BCUT2D eigenvalue weighted by molar-refractivity contribution is -0.128. The summed E-state index contributed by atoms with van der Waals surface area (Å²) in [6, 6.07) is 0. The fraction of sp³-hybridized carbons (Fsp3) is 0.762. The third-order valence-corrected chi connectivity index (χ3v) is 8.25. The van der Waals surface area contributed by atoms with E-state index >= 15 is 0 Å². The van der Waals surface area contributed by atoms with Gasteiger partial charge in [-0.15, -0.1) is 0 Å². The highest BCUT2D eigenvalue weighted by Gasteiger charge is 2.59. The summed E-state index contributed by atoms with van der Waals surface area (Å²) in [6.07, 6.45) is 17.3. The number of Topliss-reactive ketones (excluding diaryl/α,β-unsaturated/α-hetero) is 1. The molecule has 22 heavy (non-hydrogen) atoms. The van der Waals surface area contributed by atoms with Crippen LogP contribution in [-0.2, 0) is 4.79 Å². The van der Waals surface area contributed by atoms with Gasteiger partial charge in [0.1, 0.15) is 5.78 Å². The van der Waals surface area contributed by atoms with Crippen molar-refractivity contribution >= 4 is 5.78 Å². The summed E-state index contributed by atoms with van der Waals surface area (Å²) >= 11 is 0. The Morgan fingerprint density at radius 2 is 1.82 bits per heavy atom. The summed E-state index contributed by atoms with van der Waals surface area (Å²) in [5.41, 5.74) is 0.664. The van der Waals surface area contributed by atoms with Crippen LogP contribution in [0.3, 0.4) is 0 Å². The van der Waals surface area contributed by atoms with Gasteiger partial charge in [0, 0.05) is 5.92 Å². The third-order valence-electron chi connectivity index (χ3n) is 8.25. The molecule has 0 radical (unpaired) electrons. The number of hydrogen-bond acceptors (Lipinski definition) is 1. The van der Waals surface area contributed by atoms with Gasteiger partial charge in [0.25, 0.3) is 0 Å². The molecule has 0 N–H and O–H groups in total. The molecular weight excluding hydrogens is 268 g/mol. The summed E-state index contributed by atoms with van der Waals surface area (Å²) in [5, 5.41) is 0. The second-order valence-electron chi connectivity index (χ2n) is 8.96. The zero-order chi connectivity index (χ0) is 15.5. The Bertz CT molecular complexity index is 544. The highest BCUT2D eigenvalue weighted by Crippen LogP contribution is 2.66. The molecule has 3 saturated carbocycles. The summed E-state index contributed by atoms with van der Waals surface area (Å²) in [7, 11) is 0.